The van der Waals surface area contributed by atoms with Gasteiger partial charge in [0.2, 0.25) is 0 Å². The van der Waals surface area contributed by atoms with Crippen LogP contribution in [0.15, 0.2) is 60.7 Å². The van der Waals surface area contributed by atoms with Crippen molar-refractivity contribution in [2.75, 3.05) is 5.73 Å². The standard InChI is InChI=1S/C19H14NO3/c20-16-10-5-9-13(12-6-3-4-11-17(12)21)18(16)14-7-1-2-8-15(14)19(22)23/h1-9,11,21H,20H2,(H,22,23). The molecule has 0 aliphatic rings. The van der Waals surface area contributed by atoms with E-state index in [4.69, 9.17) is 5.73 Å². The van der Waals surface area contributed by atoms with E-state index in [0.29, 0.717) is 27.9 Å². The number of nitrogen functional groups attached to an aromatic ring is 1. The Morgan fingerprint density at radius 1 is 0.913 bits per heavy atom. The number of anilines is 1. The van der Waals surface area contributed by atoms with Gasteiger partial charge in [0.1, 0.15) is 5.75 Å². The first kappa shape index (κ1) is 14.7. The molecule has 4 N–H and O–H groups in total. The average molecular weight is 304 g/mol. The number of phenolic OH excluding ortho intramolecular Hbond substituents is 1. The minimum atomic E-state index is -1.04. The molecule has 4 nitrogen and oxygen atoms in total. The molecule has 0 bridgehead atoms. The molecule has 0 saturated heterocycles. The van der Waals surface area contributed by atoms with E-state index in [-0.39, 0.29) is 11.3 Å². The lowest BCUT2D eigenvalue weighted by atomic mass is 9.90. The summed E-state index contributed by atoms with van der Waals surface area (Å²) in [7, 11) is 0. The van der Waals surface area contributed by atoms with Gasteiger partial charge in [0, 0.05) is 22.9 Å². The summed E-state index contributed by atoms with van der Waals surface area (Å²) in [6, 6.07) is 19.8. The largest absolute Gasteiger partial charge is 0.507 e. The molecule has 3 aromatic rings. The summed E-state index contributed by atoms with van der Waals surface area (Å²) >= 11 is 0. The minimum absolute atomic E-state index is 0.104. The minimum Gasteiger partial charge on any atom is -0.507 e. The fourth-order valence-electron chi connectivity index (χ4n) is 2.62. The van der Waals surface area contributed by atoms with Gasteiger partial charge in [0.15, 0.2) is 0 Å². The predicted molar refractivity (Wildman–Crippen MR) is 89.2 cm³/mol. The number of rotatable bonds is 3. The molecule has 0 unspecified atom stereocenters. The summed E-state index contributed by atoms with van der Waals surface area (Å²) in [5.74, 6) is -0.931. The van der Waals surface area contributed by atoms with Crippen LogP contribution in [0.5, 0.6) is 5.75 Å². The van der Waals surface area contributed by atoms with Crippen LogP contribution in [0, 0.1) is 6.07 Å². The summed E-state index contributed by atoms with van der Waals surface area (Å²) in [4.78, 5) is 11.5. The Morgan fingerprint density at radius 3 is 2.26 bits per heavy atom. The van der Waals surface area contributed by atoms with Gasteiger partial charge in [-0.3, -0.25) is 0 Å². The zero-order chi connectivity index (χ0) is 16.4. The first-order valence-electron chi connectivity index (χ1n) is 7.01. The van der Waals surface area contributed by atoms with Crippen molar-refractivity contribution in [3.63, 3.8) is 0 Å². The van der Waals surface area contributed by atoms with E-state index in [1.54, 1.807) is 54.6 Å². The summed E-state index contributed by atoms with van der Waals surface area (Å²) in [5, 5.41) is 19.6. The number of hydrogen-bond acceptors (Lipinski definition) is 3. The Labute approximate surface area is 133 Å². The lowest BCUT2D eigenvalue weighted by Gasteiger charge is -2.15. The highest BCUT2D eigenvalue weighted by Crippen LogP contribution is 2.40. The third kappa shape index (κ3) is 2.62. The van der Waals surface area contributed by atoms with E-state index in [2.05, 4.69) is 6.07 Å². The fourth-order valence-corrected chi connectivity index (χ4v) is 2.62. The number of nitrogens with two attached hydrogens (primary N) is 1. The van der Waals surface area contributed by atoms with Crippen molar-refractivity contribution in [1.29, 1.82) is 0 Å². The highest BCUT2D eigenvalue weighted by atomic mass is 16.4. The smallest absolute Gasteiger partial charge is 0.336 e. The van der Waals surface area contributed by atoms with Crippen molar-refractivity contribution in [2.45, 2.75) is 0 Å². The Hall–Kier alpha value is -3.27. The van der Waals surface area contributed by atoms with Crippen LogP contribution < -0.4 is 5.73 Å². The van der Waals surface area contributed by atoms with Crippen LogP contribution in [0.2, 0.25) is 0 Å². The van der Waals surface area contributed by atoms with Crippen LogP contribution in [0.1, 0.15) is 10.4 Å². The zero-order valence-electron chi connectivity index (χ0n) is 12.2. The van der Waals surface area contributed by atoms with E-state index >= 15 is 0 Å². The molecule has 4 heteroatoms. The molecule has 3 rings (SSSR count). The normalized spacial score (nSPS) is 10.4. The molecule has 0 aromatic heterocycles. The lowest BCUT2D eigenvalue weighted by molar-refractivity contribution is 0.0698. The Balaban J connectivity index is 2.34. The summed E-state index contributed by atoms with van der Waals surface area (Å²) < 4.78 is 0. The summed E-state index contributed by atoms with van der Waals surface area (Å²) in [6.07, 6.45) is 0. The van der Waals surface area contributed by atoms with Crippen LogP contribution in [0.4, 0.5) is 5.69 Å². The molecule has 0 atom stereocenters. The second-order valence-corrected chi connectivity index (χ2v) is 5.05. The molecule has 0 saturated carbocycles. The van der Waals surface area contributed by atoms with Gasteiger partial charge in [-0.2, -0.15) is 0 Å². The number of carboxylic acids is 1. The molecule has 0 aliphatic carbocycles. The Bertz CT molecular complexity index is 887. The van der Waals surface area contributed by atoms with Gasteiger partial charge in [-0.15, -0.1) is 0 Å². The maximum atomic E-state index is 11.5. The molecule has 0 aliphatic heterocycles. The van der Waals surface area contributed by atoms with Gasteiger partial charge in [-0.1, -0.05) is 48.5 Å². The number of aromatic hydroxyl groups is 1. The SMILES string of the molecule is Nc1[c]ccc(-c2ccccc2O)c1-c1ccccc1C(=O)O. The predicted octanol–water partition coefficient (Wildman–Crippen LogP) is 3.81. The molecule has 0 spiro atoms. The van der Waals surface area contributed by atoms with E-state index in [1.807, 2.05) is 0 Å². The molecule has 113 valence electrons. The number of phenols is 1. The molecule has 1 radical (unpaired) electrons. The first-order chi connectivity index (χ1) is 11.1. The number of benzene rings is 3. The lowest BCUT2D eigenvalue weighted by Crippen LogP contribution is -2.02. The van der Waals surface area contributed by atoms with Crippen molar-refractivity contribution in [3.05, 3.63) is 72.3 Å². The zero-order valence-corrected chi connectivity index (χ0v) is 12.2. The maximum absolute atomic E-state index is 11.5. The molecule has 0 fully saturated rings. The van der Waals surface area contributed by atoms with Gasteiger partial charge < -0.3 is 15.9 Å². The Kier molecular flexibility index (Phi) is 3.73. The number of para-hydroxylation sites is 1. The van der Waals surface area contributed by atoms with Gasteiger partial charge in [-0.25, -0.2) is 4.79 Å². The van der Waals surface area contributed by atoms with Crippen molar-refractivity contribution < 1.29 is 15.0 Å². The van der Waals surface area contributed by atoms with Crippen molar-refractivity contribution in [3.8, 4) is 28.0 Å². The van der Waals surface area contributed by atoms with Gasteiger partial charge in [-0.05, 0) is 23.3 Å². The van der Waals surface area contributed by atoms with Crippen LogP contribution >= 0.6 is 0 Å². The number of carbonyl (C=O) groups is 1. The van der Waals surface area contributed by atoms with Crippen LogP contribution in [0.25, 0.3) is 22.3 Å². The van der Waals surface area contributed by atoms with Crippen molar-refractivity contribution in [2.24, 2.45) is 0 Å². The van der Waals surface area contributed by atoms with Crippen LogP contribution in [0.3, 0.4) is 0 Å². The molecular formula is C19H14NO3. The number of aromatic carboxylic acids is 1. The third-order valence-electron chi connectivity index (χ3n) is 3.65. The second kappa shape index (κ2) is 5.85. The fraction of sp³-hybridized carbons (Fsp3) is 0. The monoisotopic (exact) mass is 304 g/mol. The summed E-state index contributed by atoms with van der Waals surface area (Å²) in [6.45, 7) is 0. The molecular weight excluding hydrogens is 290 g/mol. The van der Waals surface area contributed by atoms with Gasteiger partial charge in [0.25, 0.3) is 0 Å². The third-order valence-corrected chi connectivity index (χ3v) is 3.65. The molecule has 0 heterocycles. The topological polar surface area (TPSA) is 83.5 Å². The van der Waals surface area contributed by atoms with Crippen LogP contribution in [-0.2, 0) is 0 Å². The maximum Gasteiger partial charge on any atom is 0.336 e. The second-order valence-electron chi connectivity index (χ2n) is 5.05. The molecule has 3 aromatic carbocycles. The van der Waals surface area contributed by atoms with E-state index in [0.717, 1.165) is 0 Å². The summed E-state index contributed by atoms with van der Waals surface area (Å²) in [5.41, 5.74) is 8.85. The molecule has 0 amide bonds. The quantitative estimate of drug-likeness (QED) is 0.642. The van der Waals surface area contributed by atoms with Crippen molar-refractivity contribution in [1.82, 2.24) is 0 Å². The van der Waals surface area contributed by atoms with E-state index in [1.165, 1.54) is 6.07 Å². The molecule has 23 heavy (non-hydrogen) atoms. The first-order valence-corrected chi connectivity index (χ1v) is 7.01. The number of carboxylic acid groups (broad SMARTS) is 1. The van der Waals surface area contributed by atoms with Crippen molar-refractivity contribution >= 4 is 11.7 Å². The van der Waals surface area contributed by atoms with E-state index in [9.17, 15) is 15.0 Å². The van der Waals surface area contributed by atoms with Gasteiger partial charge in [0.05, 0.1) is 5.56 Å². The van der Waals surface area contributed by atoms with E-state index < -0.39 is 5.97 Å². The van der Waals surface area contributed by atoms with Crippen LogP contribution in [-0.4, -0.2) is 16.2 Å². The highest BCUT2D eigenvalue weighted by molar-refractivity contribution is 6.02. The number of hydrogen-bond donors (Lipinski definition) is 3. The Morgan fingerprint density at radius 2 is 1.57 bits per heavy atom. The highest BCUT2D eigenvalue weighted by Gasteiger charge is 2.18. The van der Waals surface area contributed by atoms with Gasteiger partial charge >= 0.3 is 5.97 Å². The average Bonchev–Trinajstić information content (AvgIpc) is 2.55.